The third-order valence-corrected chi connectivity index (χ3v) is 3.29. The Labute approximate surface area is 131 Å². The average molecular weight is 314 g/mol. The molecule has 0 aliphatic rings. The summed E-state index contributed by atoms with van der Waals surface area (Å²) in [6.45, 7) is 1.29. The molecule has 2 aromatic carbocycles. The maximum Gasteiger partial charge on any atom is 0.332 e. The number of rotatable bonds is 3. The van der Waals surface area contributed by atoms with Crippen molar-refractivity contribution in [3.8, 4) is 0 Å². The van der Waals surface area contributed by atoms with E-state index in [0.717, 1.165) is 16.5 Å². The largest absolute Gasteiger partial charge is 0.454 e. The van der Waals surface area contributed by atoms with E-state index in [1.165, 1.54) is 6.92 Å². The van der Waals surface area contributed by atoms with Crippen molar-refractivity contribution in [3.05, 3.63) is 70.9 Å². The van der Waals surface area contributed by atoms with Gasteiger partial charge in [0.05, 0.1) is 0 Å². The van der Waals surface area contributed by atoms with Crippen LogP contribution in [-0.4, -0.2) is 11.7 Å². The lowest BCUT2D eigenvalue weighted by molar-refractivity contribution is -0.140. The highest BCUT2D eigenvalue weighted by atomic mass is 35.5. The number of hydrogen-bond donors (Lipinski definition) is 0. The molecule has 0 saturated heterocycles. The third kappa shape index (κ3) is 3.02. The molecule has 22 heavy (non-hydrogen) atoms. The van der Waals surface area contributed by atoms with Crippen LogP contribution in [-0.2, 0) is 9.63 Å². The first-order valence-corrected chi connectivity index (χ1v) is 7.02. The zero-order chi connectivity index (χ0) is 15.5. The SMILES string of the molecule is CC(=O)O/N=C(\c1ccc(Cl)cc1)c1cc2ccccc2o1. The third-order valence-electron chi connectivity index (χ3n) is 3.04. The molecule has 1 aromatic heterocycles. The normalized spacial score (nSPS) is 11.6. The number of benzene rings is 2. The number of carbonyl (C=O) groups is 1. The Hall–Kier alpha value is -2.59. The van der Waals surface area contributed by atoms with Crippen LogP contribution in [0.5, 0.6) is 0 Å². The van der Waals surface area contributed by atoms with Gasteiger partial charge in [0.15, 0.2) is 11.5 Å². The summed E-state index contributed by atoms with van der Waals surface area (Å²) in [5, 5.41) is 5.48. The van der Waals surface area contributed by atoms with E-state index in [0.29, 0.717) is 16.5 Å². The fraction of sp³-hybridized carbons (Fsp3) is 0.0588. The van der Waals surface area contributed by atoms with Gasteiger partial charge in [-0.1, -0.05) is 47.1 Å². The highest BCUT2D eigenvalue weighted by molar-refractivity contribution is 6.30. The fourth-order valence-corrected chi connectivity index (χ4v) is 2.18. The van der Waals surface area contributed by atoms with Gasteiger partial charge in [0.25, 0.3) is 0 Å². The van der Waals surface area contributed by atoms with E-state index < -0.39 is 5.97 Å². The molecule has 5 heteroatoms. The van der Waals surface area contributed by atoms with Gasteiger partial charge in [0.2, 0.25) is 0 Å². The van der Waals surface area contributed by atoms with Gasteiger partial charge in [-0.15, -0.1) is 0 Å². The second-order valence-electron chi connectivity index (χ2n) is 4.68. The van der Waals surface area contributed by atoms with Crippen LogP contribution in [0, 0.1) is 0 Å². The smallest absolute Gasteiger partial charge is 0.332 e. The minimum Gasteiger partial charge on any atom is -0.454 e. The summed E-state index contributed by atoms with van der Waals surface area (Å²) in [6, 6.07) is 16.5. The van der Waals surface area contributed by atoms with Crippen LogP contribution >= 0.6 is 11.6 Å². The van der Waals surface area contributed by atoms with Crippen LogP contribution in [0.1, 0.15) is 18.2 Å². The van der Waals surface area contributed by atoms with Gasteiger partial charge in [0.1, 0.15) is 5.58 Å². The van der Waals surface area contributed by atoms with Gasteiger partial charge < -0.3 is 9.25 Å². The Kier molecular flexibility index (Phi) is 3.94. The van der Waals surface area contributed by atoms with Crippen molar-refractivity contribution in [2.75, 3.05) is 0 Å². The van der Waals surface area contributed by atoms with Crippen LogP contribution in [0.2, 0.25) is 5.02 Å². The van der Waals surface area contributed by atoms with Crippen molar-refractivity contribution in [3.63, 3.8) is 0 Å². The molecule has 3 rings (SSSR count). The minimum absolute atomic E-state index is 0.433. The Morgan fingerprint density at radius 2 is 1.86 bits per heavy atom. The van der Waals surface area contributed by atoms with E-state index in [1.54, 1.807) is 24.3 Å². The highest BCUT2D eigenvalue weighted by Gasteiger charge is 2.14. The number of hydrogen-bond acceptors (Lipinski definition) is 4. The van der Waals surface area contributed by atoms with E-state index in [1.807, 2.05) is 30.3 Å². The monoisotopic (exact) mass is 313 g/mol. The number of carbonyl (C=O) groups excluding carboxylic acids is 1. The summed E-state index contributed by atoms with van der Waals surface area (Å²) in [5.74, 6) is 0.0207. The molecular weight excluding hydrogens is 302 g/mol. The molecule has 0 unspecified atom stereocenters. The zero-order valence-electron chi connectivity index (χ0n) is 11.7. The van der Waals surface area contributed by atoms with E-state index in [9.17, 15) is 4.79 Å². The van der Waals surface area contributed by atoms with E-state index >= 15 is 0 Å². The van der Waals surface area contributed by atoms with E-state index in [-0.39, 0.29) is 0 Å². The molecule has 110 valence electrons. The summed E-state index contributed by atoms with van der Waals surface area (Å²) >= 11 is 5.91. The lowest BCUT2D eigenvalue weighted by Crippen LogP contribution is -2.04. The first-order chi connectivity index (χ1) is 10.6. The van der Waals surface area contributed by atoms with Gasteiger partial charge in [-0.25, -0.2) is 4.79 Å². The maximum absolute atomic E-state index is 11.1. The first kappa shape index (κ1) is 14.4. The number of nitrogens with zero attached hydrogens (tertiary/aromatic N) is 1. The second kappa shape index (κ2) is 6.03. The number of furan rings is 1. The summed E-state index contributed by atoms with van der Waals surface area (Å²) < 4.78 is 5.79. The molecule has 0 fully saturated rings. The van der Waals surface area contributed by atoms with E-state index in [4.69, 9.17) is 20.9 Å². The number of fused-ring (bicyclic) bond motifs is 1. The topological polar surface area (TPSA) is 51.8 Å². The van der Waals surface area contributed by atoms with Crippen molar-refractivity contribution in [2.24, 2.45) is 5.16 Å². The molecule has 0 spiro atoms. The van der Waals surface area contributed by atoms with Gasteiger partial charge in [-0.05, 0) is 24.3 Å². The molecule has 0 aliphatic carbocycles. The second-order valence-corrected chi connectivity index (χ2v) is 5.11. The Morgan fingerprint density at radius 1 is 1.14 bits per heavy atom. The molecule has 0 aliphatic heterocycles. The van der Waals surface area contributed by atoms with Crippen LogP contribution < -0.4 is 0 Å². The molecule has 0 saturated carbocycles. The zero-order valence-corrected chi connectivity index (χ0v) is 12.5. The van der Waals surface area contributed by atoms with Crippen LogP contribution in [0.15, 0.2) is 64.2 Å². The molecule has 0 atom stereocenters. The molecular formula is C17H12ClNO3. The van der Waals surface area contributed by atoms with Gasteiger partial charge in [-0.2, -0.15) is 0 Å². The Balaban J connectivity index is 2.09. The van der Waals surface area contributed by atoms with Crippen LogP contribution in [0.25, 0.3) is 11.0 Å². The molecule has 0 amide bonds. The lowest BCUT2D eigenvalue weighted by Gasteiger charge is -2.03. The van der Waals surface area contributed by atoms with Crippen molar-refractivity contribution >= 4 is 34.3 Å². The average Bonchev–Trinajstić information content (AvgIpc) is 2.92. The Morgan fingerprint density at radius 3 is 2.55 bits per heavy atom. The van der Waals surface area contributed by atoms with Gasteiger partial charge in [-0.3, -0.25) is 0 Å². The summed E-state index contributed by atoms with van der Waals surface area (Å²) in [7, 11) is 0. The molecule has 3 aromatic rings. The maximum atomic E-state index is 11.1. The first-order valence-electron chi connectivity index (χ1n) is 6.64. The van der Waals surface area contributed by atoms with Crippen molar-refractivity contribution < 1.29 is 14.0 Å². The molecule has 0 bridgehead atoms. The highest BCUT2D eigenvalue weighted by Crippen LogP contribution is 2.22. The van der Waals surface area contributed by atoms with Crippen molar-refractivity contribution in [2.45, 2.75) is 6.92 Å². The number of oxime groups is 1. The van der Waals surface area contributed by atoms with E-state index in [2.05, 4.69) is 5.16 Å². The van der Waals surface area contributed by atoms with Crippen LogP contribution in [0.4, 0.5) is 0 Å². The number of halogens is 1. The van der Waals surface area contributed by atoms with Crippen LogP contribution in [0.3, 0.4) is 0 Å². The minimum atomic E-state index is -0.498. The predicted molar refractivity (Wildman–Crippen MR) is 85.1 cm³/mol. The predicted octanol–water partition coefficient (Wildman–Crippen LogP) is 4.40. The Bertz CT molecular complexity index is 817. The van der Waals surface area contributed by atoms with Crippen molar-refractivity contribution in [1.29, 1.82) is 0 Å². The van der Waals surface area contributed by atoms with Crippen molar-refractivity contribution in [1.82, 2.24) is 0 Å². The quantitative estimate of drug-likeness (QED) is 0.409. The number of para-hydroxylation sites is 1. The van der Waals surface area contributed by atoms with Gasteiger partial charge >= 0.3 is 5.97 Å². The summed E-state index contributed by atoms with van der Waals surface area (Å²) in [5.41, 5.74) is 1.91. The molecule has 1 heterocycles. The summed E-state index contributed by atoms with van der Waals surface area (Å²) in [4.78, 5) is 15.9. The molecule has 0 N–H and O–H groups in total. The lowest BCUT2D eigenvalue weighted by atomic mass is 10.1. The molecule has 4 nitrogen and oxygen atoms in total. The van der Waals surface area contributed by atoms with Gasteiger partial charge in [0, 0.05) is 22.9 Å². The standard InChI is InChI=1S/C17H12ClNO3/c1-11(20)22-19-17(12-6-8-14(18)9-7-12)16-10-13-4-2-3-5-15(13)21-16/h2-10H,1H3/b19-17+. The fourth-order valence-electron chi connectivity index (χ4n) is 2.06. The molecule has 0 radical (unpaired) electrons. The summed E-state index contributed by atoms with van der Waals surface area (Å²) in [6.07, 6.45) is 0.